The van der Waals surface area contributed by atoms with E-state index in [1.807, 2.05) is 0 Å². The van der Waals surface area contributed by atoms with Crippen LogP contribution in [-0.2, 0) is 15.9 Å². The van der Waals surface area contributed by atoms with E-state index >= 15 is 0 Å². The summed E-state index contributed by atoms with van der Waals surface area (Å²) in [6.45, 7) is 4.37. The van der Waals surface area contributed by atoms with Crippen molar-refractivity contribution in [3.05, 3.63) is 35.4 Å². The summed E-state index contributed by atoms with van der Waals surface area (Å²) in [5.41, 5.74) is 0.603. The molecule has 0 fully saturated rings. The minimum absolute atomic E-state index is 0.372. The molecule has 1 rings (SSSR count). The Morgan fingerprint density at radius 2 is 1.41 bits per heavy atom. The van der Waals surface area contributed by atoms with Crippen molar-refractivity contribution in [2.45, 2.75) is 103 Å². The van der Waals surface area contributed by atoms with Crippen molar-refractivity contribution in [2.75, 3.05) is 14.2 Å². The molecular weight excluding hydrogens is 370 g/mol. The predicted octanol–water partition coefficient (Wildman–Crippen LogP) is 7.83. The van der Waals surface area contributed by atoms with Crippen LogP contribution in [0.4, 0.5) is 8.78 Å². The zero-order valence-electron chi connectivity index (χ0n) is 19.1. The highest BCUT2D eigenvalue weighted by atomic mass is 19.1. The number of hydrogen-bond acceptors (Lipinski definition) is 2. The van der Waals surface area contributed by atoms with Crippen molar-refractivity contribution < 1.29 is 18.3 Å². The van der Waals surface area contributed by atoms with Gasteiger partial charge in [-0.05, 0) is 43.7 Å². The highest BCUT2D eigenvalue weighted by Gasteiger charge is 2.36. The van der Waals surface area contributed by atoms with Crippen molar-refractivity contribution in [2.24, 2.45) is 5.92 Å². The standard InChI is InChI=1S/C25H42F2O2/c1-5-7-8-9-10-13-16-22(25(6-2,28-3)29-4)17-14-11-12-15-21-18-19-23(26)20-24(21)27/h18-20,22H,5-17H2,1-4H3. The summed E-state index contributed by atoms with van der Waals surface area (Å²) >= 11 is 0. The van der Waals surface area contributed by atoms with Gasteiger partial charge in [0.05, 0.1) is 0 Å². The van der Waals surface area contributed by atoms with Crippen molar-refractivity contribution in [1.29, 1.82) is 0 Å². The van der Waals surface area contributed by atoms with Gasteiger partial charge in [-0.25, -0.2) is 8.78 Å². The summed E-state index contributed by atoms with van der Waals surface area (Å²) in [7, 11) is 3.50. The van der Waals surface area contributed by atoms with Crippen LogP contribution in [0.2, 0.25) is 0 Å². The summed E-state index contributed by atoms with van der Waals surface area (Å²) < 4.78 is 38.5. The first-order chi connectivity index (χ1) is 14.0. The maximum Gasteiger partial charge on any atom is 0.170 e. The Kier molecular flexibility index (Phi) is 13.4. The lowest BCUT2D eigenvalue weighted by atomic mass is 9.85. The monoisotopic (exact) mass is 412 g/mol. The largest absolute Gasteiger partial charge is 0.353 e. The van der Waals surface area contributed by atoms with E-state index in [1.54, 1.807) is 20.3 Å². The Labute approximate surface area is 177 Å². The van der Waals surface area contributed by atoms with Crippen LogP contribution in [0.5, 0.6) is 0 Å². The Bertz CT molecular complexity index is 535. The molecule has 0 radical (unpaired) electrons. The zero-order chi connectivity index (χ0) is 21.5. The number of ether oxygens (including phenoxy) is 2. The second kappa shape index (κ2) is 14.9. The van der Waals surface area contributed by atoms with Crippen LogP contribution in [0.15, 0.2) is 18.2 Å². The fourth-order valence-electron chi connectivity index (χ4n) is 4.36. The molecule has 0 aliphatic carbocycles. The Hall–Kier alpha value is -1.00. The van der Waals surface area contributed by atoms with Crippen LogP contribution in [-0.4, -0.2) is 20.0 Å². The van der Waals surface area contributed by atoms with E-state index in [0.29, 0.717) is 17.9 Å². The molecule has 0 aliphatic rings. The SMILES string of the molecule is CCCCCCCCC(CCCCCc1ccc(F)cc1F)C(CC)(OC)OC. The minimum Gasteiger partial charge on any atom is -0.353 e. The number of unbranched alkanes of at least 4 members (excludes halogenated alkanes) is 7. The van der Waals surface area contributed by atoms with Gasteiger partial charge in [-0.2, -0.15) is 0 Å². The topological polar surface area (TPSA) is 18.5 Å². The van der Waals surface area contributed by atoms with Crippen LogP contribution < -0.4 is 0 Å². The molecule has 1 atom stereocenters. The van der Waals surface area contributed by atoms with E-state index < -0.39 is 17.4 Å². The molecule has 0 amide bonds. The maximum absolute atomic E-state index is 13.8. The molecular formula is C25H42F2O2. The molecule has 1 aromatic carbocycles. The van der Waals surface area contributed by atoms with Gasteiger partial charge < -0.3 is 9.47 Å². The molecule has 0 heterocycles. The smallest absolute Gasteiger partial charge is 0.170 e. The first-order valence-corrected chi connectivity index (χ1v) is 11.6. The van der Waals surface area contributed by atoms with Crippen LogP contribution in [0.1, 0.15) is 96.5 Å². The van der Waals surface area contributed by atoms with Crippen LogP contribution in [0.25, 0.3) is 0 Å². The van der Waals surface area contributed by atoms with Crippen molar-refractivity contribution in [3.8, 4) is 0 Å². The normalized spacial score (nSPS) is 13.0. The summed E-state index contributed by atoms with van der Waals surface area (Å²) in [5, 5.41) is 0. The molecule has 0 N–H and O–H groups in total. The predicted molar refractivity (Wildman–Crippen MR) is 117 cm³/mol. The van der Waals surface area contributed by atoms with Crippen LogP contribution in [0.3, 0.4) is 0 Å². The molecule has 0 aromatic heterocycles. The van der Waals surface area contributed by atoms with E-state index in [0.717, 1.165) is 44.6 Å². The molecule has 1 aromatic rings. The molecule has 0 saturated heterocycles. The van der Waals surface area contributed by atoms with Gasteiger partial charge >= 0.3 is 0 Å². The van der Waals surface area contributed by atoms with Crippen molar-refractivity contribution in [1.82, 2.24) is 0 Å². The number of halogens is 2. The van der Waals surface area contributed by atoms with Crippen molar-refractivity contribution >= 4 is 0 Å². The molecule has 0 spiro atoms. The van der Waals surface area contributed by atoms with Gasteiger partial charge in [0.25, 0.3) is 0 Å². The highest BCUT2D eigenvalue weighted by molar-refractivity contribution is 5.18. The van der Waals surface area contributed by atoms with E-state index in [9.17, 15) is 8.78 Å². The number of benzene rings is 1. The number of aryl methyl sites for hydroxylation is 1. The third kappa shape index (κ3) is 9.13. The first kappa shape index (κ1) is 26.0. The third-order valence-corrected chi connectivity index (χ3v) is 6.23. The summed E-state index contributed by atoms with van der Waals surface area (Å²) in [4.78, 5) is 0. The molecule has 168 valence electrons. The second-order valence-electron chi connectivity index (χ2n) is 8.16. The van der Waals surface area contributed by atoms with E-state index in [1.165, 1.54) is 44.6 Å². The van der Waals surface area contributed by atoms with Gasteiger partial charge in [0.1, 0.15) is 11.6 Å². The van der Waals surface area contributed by atoms with Gasteiger partial charge in [-0.15, -0.1) is 0 Å². The fourth-order valence-corrected chi connectivity index (χ4v) is 4.36. The fraction of sp³-hybridized carbons (Fsp3) is 0.760. The Morgan fingerprint density at radius 1 is 0.828 bits per heavy atom. The van der Waals surface area contributed by atoms with Gasteiger partial charge in [0.15, 0.2) is 5.79 Å². The summed E-state index contributed by atoms with van der Waals surface area (Å²) in [6.07, 6.45) is 14.4. The minimum atomic E-state index is -0.515. The Morgan fingerprint density at radius 3 is 1.97 bits per heavy atom. The number of rotatable bonds is 17. The molecule has 0 bridgehead atoms. The second-order valence-corrected chi connectivity index (χ2v) is 8.16. The lowest BCUT2D eigenvalue weighted by Gasteiger charge is -2.38. The van der Waals surface area contributed by atoms with Gasteiger partial charge in [0, 0.05) is 26.2 Å². The van der Waals surface area contributed by atoms with Gasteiger partial charge in [0.2, 0.25) is 0 Å². The molecule has 2 nitrogen and oxygen atoms in total. The van der Waals surface area contributed by atoms with Crippen LogP contribution in [0, 0.1) is 17.6 Å². The Balaban J connectivity index is 2.46. The van der Waals surface area contributed by atoms with Crippen molar-refractivity contribution in [3.63, 3.8) is 0 Å². The van der Waals surface area contributed by atoms with Gasteiger partial charge in [-0.1, -0.05) is 71.3 Å². The quantitative estimate of drug-likeness (QED) is 0.192. The van der Waals surface area contributed by atoms with E-state index in [2.05, 4.69) is 13.8 Å². The van der Waals surface area contributed by atoms with E-state index in [4.69, 9.17) is 9.47 Å². The zero-order valence-corrected chi connectivity index (χ0v) is 19.1. The molecule has 0 saturated carbocycles. The first-order valence-electron chi connectivity index (χ1n) is 11.6. The molecule has 29 heavy (non-hydrogen) atoms. The number of methoxy groups -OCH3 is 2. The average molecular weight is 413 g/mol. The highest BCUT2D eigenvalue weighted by Crippen LogP contribution is 2.34. The summed E-state index contributed by atoms with van der Waals surface area (Å²) in [5.74, 6) is -1.09. The average Bonchev–Trinajstić information content (AvgIpc) is 2.72. The lowest BCUT2D eigenvalue weighted by molar-refractivity contribution is -0.244. The maximum atomic E-state index is 13.8. The molecule has 0 aliphatic heterocycles. The molecule has 4 heteroatoms. The lowest BCUT2D eigenvalue weighted by Crippen LogP contribution is -2.41. The molecule has 1 unspecified atom stereocenters. The van der Waals surface area contributed by atoms with Crippen LogP contribution >= 0.6 is 0 Å². The number of hydrogen-bond donors (Lipinski definition) is 0. The van der Waals surface area contributed by atoms with Gasteiger partial charge in [-0.3, -0.25) is 0 Å². The third-order valence-electron chi connectivity index (χ3n) is 6.23. The summed E-state index contributed by atoms with van der Waals surface area (Å²) in [6, 6.07) is 3.87. The van der Waals surface area contributed by atoms with E-state index in [-0.39, 0.29) is 0 Å².